The average Bonchev–Trinajstić information content (AvgIpc) is 2.89. The molecule has 7 nitrogen and oxygen atoms in total. The molecule has 5 rings (SSSR count). The molecule has 1 aromatic heterocycles. The molecule has 0 fully saturated rings. The van der Waals surface area contributed by atoms with Gasteiger partial charge in [0.15, 0.2) is 0 Å². The Morgan fingerprint density at radius 2 is 1.64 bits per heavy atom. The fourth-order valence-corrected chi connectivity index (χ4v) is 4.12. The first-order valence-corrected chi connectivity index (χ1v) is 11.5. The van der Waals surface area contributed by atoms with Crippen LogP contribution < -0.4 is 5.56 Å². The molecule has 9 heteroatoms. The minimum atomic E-state index is -0.540. The van der Waals surface area contributed by atoms with Crippen LogP contribution in [-0.4, -0.2) is 20.7 Å². The summed E-state index contributed by atoms with van der Waals surface area (Å²) in [4.78, 5) is 33.4. The summed E-state index contributed by atoms with van der Waals surface area (Å²) in [5, 5.41) is 12.3. The molecule has 0 aliphatic heterocycles. The summed E-state index contributed by atoms with van der Waals surface area (Å²) in [6, 6.07) is 25.5. The van der Waals surface area contributed by atoms with E-state index in [9.17, 15) is 14.9 Å². The summed E-state index contributed by atoms with van der Waals surface area (Å²) in [7, 11) is 0. The maximum atomic E-state index is 13.5. The number of nitrogens with zero attached hydrogens (tertiary/aromatic N) is 4. The van der Waals surface area contributed by atoms with Gasteiger partial charge in [-0.15, -0.1) is 0 Å². The van der Waals surface area contributed by atoms with Gasteiger partial charge in [-0.2, -0.15) is 0 Å². The third kappa shape index (κ3) is 4.62. The SMILES string of the molecule is O=c1c2ccccc2nc(-c2ccc(N=Cc3ccc(Cl)cc3)cc2)n1-c1ccc([N+](=O)[O-])cc1Cl. The number of para-hydroxylation sites is 1. The number of halogens is 2. The number of fused-ring (bicyclic) bond motifs is 1. The molecule has 0 saturated heterocycles. The lowest BCUT2D eigenvalue weighted by Crippen LogP contribution is -2.22. The predicted molar refractivity (Wildman–Crippen MR) is 143 cm³/mol. The van der Waals surface area contributed by atoms with Gasteiger partial charge in [0.05, 0.1) is 32.2 Å². The second-order valence-electron chi connectivity index (χ2n) is 7.84. The molecule has 0 aliphatic carbocycles. The Morgan fingerprint density at radius 3 is 2.33 bits per heavy atom. The zero-order valence-corrected chi connectivity index (χ0v) is 20.0. The minimum absolute atomic E-state index is 0.0637. The molecule has 0 amide bonds. The zero-order chi connectivity index (χ0) is 25.2. The van der Waals surface area contributed by atoms with Gasteiger partial charge in [-0.05, 0) is 60.2 Å². The highest BCUT2D eigenvalue weighted by Crippen LogP contribution is 2.30. The van der Waals surface area contributed by atoms with Gasteiger partial charge < -0.3 is 0 Å². The molecule has 5 aromatic rings. The standard InChI is InChI=1S/C27H16Cl2N4O3/c28-19-9-5-17(6-10-19)16-30-20-11-7-18(8-12-20)26-31-24-4-2-1-3-22(24)27(34)32(26)25-14-13-21(33(35)36)15-23(25)29/h1-16H. The van der Waals surface area contributed by atoms with Crippen molar-refractivity contribution in [3.63, 3.8) is 0 Å². The fourth-order valence-electron chi connectivity index (χ4n) is 3.74. The Kier molecular flexibility index (Phi) is 6.33. The van der Waals surface area contributed by atoms with Crippen LogP contribution in [0.5, 0.6) is 0 Å². The van der Waals surface area contributed by atoms with E-state index in [0.29, 0.717) is 38.7 Å². The third-order valence-corrected chi connectivity index (χ3v) is 6.07. The lowest BCUT2D eigenvalue weighted by atomic mass is 10.1. The van der Waals surface area contributed by atoms with Gasteiger partial charge in [-0.3, -0.25) is 24.5 Å². The first kappa shape index (κ1) is 23.4. The van der Waals surface area contributed by atoms with Crippen molar-refractivity contribution in [1.82, 2.24) is 9.55 Å². The van der Waals surface area contributed by atoms with E-state index in [0.717, 1.165) is 5.56 Å². The van der Waals surface area contributed by atoms with Crippen molar-refractivity contribution in [3.05, 3.63) is 127 Å². The number of nitro benzene ring substituents is 1. The van der Waals surface area contributed by atoms with Crippen molar-refractivity contribution < 1.29 is 4.92 Å². The van der Waals surface area contributed by atoms with Gasteiger partial charge in [0.25, 0.3) is 11.2 Å². The Hall–Kier alpha value is -4.33. The molecular weight excluding hydrogens is 499 g/mol. The maximum absolute atomic E-state index is 13.5. The van der Waals surface area contributed by atoms with Gasteiger partial charge in [-0.25, -0.2) is 4.98 Å². The number of hydrogen-bond donors (Lipinski definition) is 0. The van der Waals surface area contributed by atoms with E-state index >= 15 is 0 Å². The second kappa shape index (κ2) is 9.73. The van der Waals surface area contributed by atoms with Crippen LogP contribution in [0.3, 0.4) is 0 Å². The van der Waals surface area contributed by atoms with Crippen molar-refractivity contribution in [2.75, 3.05) is 0 Å². The lowest BCUT2D eigenvalue weighted by molar-refractivity contribution is -0.384. The Balaban J connectivity index is 1.62. The molecule has 4 aromatic carbocycles. The first-order chi connectivity index (χ1) is 17.4. The van der Waals surface area contributed by atoms with Gasteiger partial charge in [0.1, 0.15) is 5.82 Å². The molecule has 0 saturated carbocycles. The minimum Gasteiger partial charge on any atom is -0.268 e. The number of nitro groups is 1. The Labute approximate surface area is 215 Å². The highest BCUT2D eigenvalue weighted by Gasteiger charge is 2.18. The van der Waals surface area contributed by atoms with E-state index in [4.69, 9.17) is 28.2 Å². The number of aliphatic imine (C=N–C) groups is 1. The average molecular weight is 515 g/mol. The van der Waals surface area contributed by atoms with E-state index < -0.39 is 4.92 Å². The van der Waals surface area contributed by atoms with Gasteiger partial charge >= 0.3 is 0 Å². The van der Waals surface area contributed by atoms with E-state index in [1.807, 2.05) is 24.3 Å². The highest BCUT2D eigenvalue weighted by atomic mass is 35.5. The van der Waals surface area contributed by atoms with Crippen LogP contribution in [0.4, 0.5) is 11.4 Å². The van der Waals surface area contributed by atoms with Crippen LogP contribution >= 0.6 is 23.2 Å². The Morgan fingerprint density at radius 1 is 0.917 bits per heavy atom. The quantitative estimate of drug-likeness (QED) is 0.143. The molecule has 0 radical (unpaired) electrons. The zero-order valence-electron chi connectivity index (χ0n) is 18.5. The maximum Gasteiger partial charge on any atom is 0.271 e. The summed E-state index contributed by atoms with van der Waals surface area (Å²) < 4.78 is 1.38. The number of hydrogen-bond acceptors (Lipinski definition) is 5. The van der Waals surface area contributed by atoms with Crippen molar-refractivity contribution in [2.24, 2.45) is 4.99 Å². The number of rotatable bonds is 5. The number of non-ortho nitro benzene ring substituents is 1. The van der Waals surface area contributed by atoms with Crippen molar-refractivity contribution >= 4 is 51.7 Å². The summed E-state index contributed by atoms with van der Waals surface area (Å²) >= 11 is 12.3. The monoisotopic (exact) mass is 514 g/mol. The normalized spacial score (nSPS) is 11.3. The van der Waals surface area contributed by atoms with Gasteiger partial charge in [0.2, 0.25) is 0 Å². The molecule has 176 valence electrons. The van der Waals surface area contributed by atoms with Crippen molar-refractivity contribution in [3.8, 4) is 17.1 Å². The summed E-state index contributed by atoms with van der Waals surface area (Å²) in [5.74, 6) is 0.350. The molecule has 0 N–H and O–H groups in total. The van der Waals surface area contributed by atoms with E-state index in [1.165, 1.54) is 22.8 Å². The smallest absolute Gasteiger partial charge is 0.268 e. The predicted octanol–water partition coefficient (Wildman–Crippen LogP) is 7.02. The molecule has 1 heterocycles. The van der Waals surface area contributed by atoms with E-state index in [2.05, 4.69) is 4.99 Å². The summed E-state index contributed by atoms with van der Waals surface area (Å²) in [6.45, 7) is 0. The van der Waals surface area contributed by atoms with Crippen LogP contribution in [0.25, 0.3) is 28.0 Å². The van der Waals surface area contributed by atoms with Crippen LogP contribution in [-0.2, 0) is 0 Å². The lowest BCUT2D eigenvalue weighted by Gasteiger charge is -2.15. The van der Waals surface area contributed by atoms with Crippen LogP contribution in [0.2, 0.25) is 10.0 Å². The van der Waals surface area contributed by atoms with Crippen LogP contribution in [0.15, 0.2) is 101 Å². The Bertz CT molecular complexity index is 1700. The molecule has 0 spiro atoms. The van der Waals surface area contributed by atoms with E-state index in [1.54, 1.807) is 54.7 Å². The first-order valence-electron chi connectivity index (χ1n) is 10.8. The summed E-state index contributed by atoms with van der Waals surface area (Å²) in [6.07, 6.45) is 1.73. The van der Waals surface area contributed by atoms with Crippen molar-refractivity contribution in [1.29, 1.82) is 0 Å². The van der Waals surface area contributed by atoms with Crippen LogP contribution in [0.1, 0.15) is 5.56 Å². The number of aromatic nitrogens is 2. The highest BCUT2D eigenvalue weighted by molar-refractivity contribution is 6.32. The largest absolute Gasteiger partial charge is 0.271 e. The topological polar surface area (TPSA) is 90.4 Å². The number of benzene rings is 4. The fraction of sp³-hybridized carbons (Fsp3) is 0. The van der Waals surface area contributed by atoms with Crippen molar-refractivity contribution in [2.45, 2.75) is 0 Å². The molecule has 0 aliphatic rings. The van der Waals surface area contributed by atoms with Crippen LogP contribution in [0, 0.1) is 10.1 Å². The molecule has 0 bridgehead atoms. The molecule has 0 unspecified atom stereocenters. The summed E-state index contributed by atoms with van der Waals surface area (Å²) in [5.41, 5.74) is 2.57. The molecular formula is C27H16Cl2N4O3. The van der Waals surface area contributed by atoms with E-state index in [-0.39, 0.29) is 16.3 Å². The molecule has 36 heavy (non-hydrogen) atoms. The third-order valence-electron chi connectivity index (χ3n) is 5.52. The van der Waals surface area contributed by atoms with Gasteiger partial charge in [-0.1, -0.05) is 47.5 Å². The van der Waals surface area contributed by atoms with Gasteiger partial charge in [0, 0.05) is 28.9 Å². The second-order valence-corrected chi connectivity index (χ2v) is 8.69. The molecule has 0 atom stereocenters.